The first-order chi connectivity index (χ1) is 12.3. The summed E-state index contributed by atoms with van der Waals surface area (Å²) in [6.07, 6.45) is 1.53. The van der Waals surface area contributed by atoms with Crippen LogP contribution >= 0.6 is 15.9 Å². The van der Waals surface area contributed by atoms with Crippen LogP contribution in [0.3, 0.4) is 0 Å². The summed E-state index contributed by atoms with van der Waals surface area (Å²) in [6, 6.07) is 13.5. The molecule has 0 bridgehead atoms. The summed E-state index contributed by atoms with van der Waals surface area (Å²) in [7, 11) is -2.05. The van der Waals surface area contributed by atoms with Gasteiger partial charge in [0.05, 0.1) is 11.4 Å². The SMILES string of the molecule is C=CCN(C)S(=O)(=O)c1ccc(NCC(=O)Nc2ccc(Br)cc2)cc1. The van der Waals surface area contributed by atoms with Gasteiger partial charge in [0.15, 0.2) is 0 Å². The summed E-state index contributed by atoms with van der Waals surface area (Å²) >= 11 is 3.33. The largest absolute Gasteiger partial charge is 0.376 e. The quantitative estimate of drug-likeness (QED) is 0.620. The predicted molar refractivity (Wildman–Crippen MR) is 108 cm³/mol. The monoisotopic (exact) mass is 437 g/mol. The first kappa shape index (κ1) is 20.2. The molecule has 0 aliphatic heterocycles. The van der Waals surface area contributed by atoms with Gasteiger partial charge in [-0.2, -0.15) is 4.31 Å². The van der Waals surface area contributed by atoms with E-state index in [2.05, 4.69) is 33.1 Å². The van der Waals surface area contributed by atoms with E-state index in [-0.39, 0.29) is 23.9 Å². The molecular weight excluding hydrogens is 418 g/mol. The Morgan fingerprint density at radius 2 is 1.69 bits per heavy atom. The zero-order chi connectivity index (χ0) is 19.2. The van der Waals surface area contributed by atoms with E-state index in [1.54, 1.807) is 24.3 Å². The molecule has 0 aliphatic carbocycles. The number of anilines is 2. The van der Waals surface area contributed by atoms with Crippen LogP contribution in [-0.4, -0.2) is 38.8 Å². The highest BCUT2D eigenvalue weighted by Crippen LogP contribution is 2.18. The van der Waals surface area contributed by atoms with Crippen molar-refractivity contribution in [3.05, 3.63) is 65.7 Å². The van der Waals surface area contributed by atoms with Crippen molar-refractivity contribution in [3.63, 3.8) is 0 Å². The molecule has 0 fully saturated rings. The molecule has 26 heavy (non-hydrogen) atoms. The van der Waals surface area contributed by atoms with Crippen molar-refractivity contribution in [2.75, 3.05) is 30.8 Å². The summed E-state index contributed by atoms with van der Waals surface area (Å²) in [5.41, 5.74) is 1.35. The van der Waals surface area contributed by atoms with Crippen molar-refractivity contribution in [2.24, 2.45) is 0 Å². The van der Waals surface area contributed by atoms with Crippen molar-refractivity contribution in [1.29, 1.82) is 0 Å². The van der Waals surface area contributed by atoms with Crippen LogP contribution in [0.4, 0.5) is 11.4 Å². The number of hydrogen-bond acceptors (Lipinski definition) is 4. The molecular formula is C18H20BrN3O3S. The maximum Gasteiger partial charge on any atom is 0.243 e. The molecule has 0 saturated heterocycles. The van der Waals surface area contributed by atoms with Crippen LogP contribution < -0.4 is 10.6 Å². The lowest BCUT2D eigenvalue weighted by Gasteiger charge is -2.15. The Kier molecular flexibility index (Phi) is 6.96. The second-order valence-electron chi connectivity index (χ2n) is 5.51. The molecule has 1 amide bonds. The van der Waals surface area contributed by atoms with Crippen molar-refractivity contribution in [2.45, 2.75) is 4.90 Å². The van der Waals surface area contributed by atoms with E-state index >= 15 is 0 Å². The van der Waals surface area contributed by atoms with Crippen molar-refractivity contribution in [3.8, 4) is 0 Å². The van der Waals surface area contributed by atoms with Crippen molar-refractivity contribution in [1.82, 2.24) is 4.31 Å². The van der Waals surface area contributed by atoms with Crippen molar-refractivity contribution < 1.29 is 13.2 Å². The Balaban J connectivity index is 1.93. The molecule has 0 aliphatic rings. The number of likely N-dealkylation sites (N-methyl/N-ethyl adjacent to an activating group) is 1. The van der Waals surface area contributed by atoms with Crippen LogP contribution in [0.25, 0.3) is 0 Å². The Morgan fingerprint density at radius 1 is 1.12 bits per heavy atom. The van der Waals surface area contributed by atoms with Gasteiger partial charge in [0.2, 0.25) is 15.9 Å². The average molecular weight is 438 g/mol. The molecule has 0 spiro atoms. The lowest BCUT2D eigenvalue weighted by molar-refractivity contribution is -0.114. The van der Waals surface area contributed by atoms with Crippen LogP contribution in [0.2, 0.25) is 0 Å². The molecule has 0 unspecified atom stereocenters. The van der Waals surface area contributed by atoms with Gasteiger partial charge in [-0.25, -0.2) is 8.42 Å². The first-order valence-corrected chi connectivity index (χ1v) is 10.0. The molecule has 0 aromatic heterocycles. The molecule has 2 aromatic rings. The topological polar surface area (TPSA) is 78.5 Å². The van der Waals surface area contributed by atoms with Crippen LogP contribution in [0.15, 0.2) is 70.6 Å². The maximum atomic E-state index is 12.3. The number of nitrogens with one attached hydrogen (secondary N) is 2. The molecule has 138 valence electrons. The van der Waals surface area contributed by atoms with Crippen LogP contribution in [0, 0.1) is 0 Å². The number of amides is 1. The lowest BCUT2D eigenvalue weighted by Crippen LogP contribution is -2.27. The van der Waals surface area contributed by atoms with Crippen molar-refractivity contribution >= 4 is 43.2 Å². The third-order valence-corrected chi connectivity index (χ3v) is 5.90. The van der Waals surface area contributed by atoms with Gasteiger partial charge in [-0.3, -0.25) is 4.79 Å². The molecule has 0 saturated carbocycles. The third-order valence-electron chi connectivity index (χ3n) is 3.53. The number of sulfonamides is 1. The fourth-order valence-electron chi connectivity index (χ4n) is 2.13. The van der Waals surface area contributed by atoms with Gasteiger partial charge in [0.1, 0.15) is 0 Å². The van der Waals surface area contributed by atoms with E-state index in [0.717, 1.165) is 4.47 Å². The predicted octanol–water partition coefficient (Wildman–Crippen LogP) is 3.31. The highest BCUT2D eigenvalue weighted by Gasteiger charge is 2.19. The molecule has 2 aromatic carbocycles. The fourth-order valence-corrected chi connectivity index (χ4v) is 3.53. The van der Waals surface area contributed by atoms with E-state index < -0.39 is 10.0 Å². The van der Waals surface area contributed by atoms with Crippen LogP contribution in [0.1, 0.15) is 0 Å². The molecule has 8 heteroatoms. The van der Waals surface area contributed by atoms with E-state index in [1.165, 1.54) is 29.6 Å². The van der Waals surface area contributed by atoms with E-state index in [9.17, 15) is 13.2 Å². The minimum absolute atomic E-state index is 0.0680. The molecule has 0 atom stereocenters. The van der Waals surface area contributed by atoms with Gasteiger partial charge in [-0.05, 0) is 48.5 Å². The second kappa shape index (κ2) is 8.98. The summed E-state index contributed by atoms with van der Waals surface area (Å²) in [4.78, 5) is 12.1. The molecule has 0 heterocycles. The third kappa shape index (κ3) is 5.42. The van der Waals surface area contributed by atoms with E-state index in [1.807, 2.05) is 12.1 Å². The Morgan fingerprint density at radius 3 is 2.27 bits per heavy atom. The summed E-state index contributed by atoms with van der Waals surface area (Å²) in [5, 5.41) is 5.73. The number of rotatable bonds is 8. The van der Waals surface area contributed by atoms with Gasteiger partial charge in [-0.15, -0.1) is 6.58 Å². The molecule has 6 nitrogen and oxygen atoms in total. The first-order valence-electron chi connectivity index (χ1n) is 7.79. The smallest absolute Gasteiger partial charge is 0.243 e. The summed E-state index contributed by atoms with van der Waals surface area (Å²) in [6.45, 7) is 3.84. The Labute approximate surface area is 162 Å². The Bertz CT molecular complexity index is 866. The highest BCUT2D eigenvalue weighted by atomic mass is 79.9. The zero-order valence-electron chi connectivity index (χ0n) is 14.3. The molecule has 2 rings (SSSR count). The maximum absolute atomic E-state index is 12.3. The second-order valence-corrected chi connectivity index (χ2v) is 8.47. The van der Waals surface area contributed by atoms with Gasteiger partial charge in [-0.1, -0.05) is 22.0 Å². The number of benzene rings is 2. The van der Waals surface area contributed by atoms with E-state index in [4.69, 9.17) is 0 Å². The fraction of sp³-hybridized carbons (Fsp3) is 0.167. The highest BCUT2D eigenvalue weighted by molar-refractivity contribution is 9.10. The van der Waals surface area contributed by atoms with Gasteiger partial charge < -0.3 is 10.6 Å². The minimum Gasteiger partial charge on any atom is -0.376 e. The number of halogens is 1. The average Bonchev–Trinajstić information content (AvgIpc) is 2.62. The van der Waals surface area contributed by atoms with E-state index in [0.29, 0.717) is 11.4 Å². The van der Waals surface area contributed by atoms with Gasteiger partial charge >= 0.3 is 0 Å². The molecule has 0 radical (unpaired) electrons. The Hall–Kier alpha value is -2.16. The normalized spacial score (nSPS) is 11.2. The lowest BCUT2D eigenvalue weighted by atomic mass is 10.3. The van der Waals surface area contributed by atoms with Crippen LogP contribution in [0.5, 0.6) is 0 Å². The van der Waals surface area contributed by atoms with Gasteiger partial charge in [0, 0.05) is 29.4 Å². The molecule has 2 N–H and O–H groups in total. The van der Waals surface area contributed by atoms with Crippen LogP contribution in [-0.2, 0) is 14.8 Å². The summed E-state index contributed by atoms with van der Waals surface area (Å²) < 4.78 is 26.8. The number of carbonyl (C=O) groups excluding carboxylic acids is 1. The number of nitrogens with zero attached hydrogens (tertiary/aromatic N) is 1. The zero-order valence-corrected chi connectivity index (χ0v) is 16.7. The minimum atomic E-state index is -3.54. The number of hydrogen-bond donors (Lipinski definition) is 2. The van der Waals surface area contributed by atoms with Gasteiger partial charge in [0.25, 0.3) is 0 Å². The standard InChI is InChI=1S/C18H20BrN3O3S/c1-3-12-22(2)26(24,25)17-10-8-15(9-11-17)20-13-18(23)21-16-6-4-14(19)5-7-16/h3-11,20H,1,12-13H2,2H3,(H,21,23). The number of carbonyl (C=O) groups is 1. The summed E-state index contributed by atoms with van der Waals surface area (Å²) in [5.74, 6) is -0.199.